The van der Waals surface area contributed by atoms with E-state index in [1.807, 2.05) is 24.3 Å². The minimum atomic E-state index is -4.41. The maximum Gasteiger partial charge on any atom is 0.416 e. The fourth-order valence-electron chi connectivity index (χ4n) is 5.02. The van der Waals surface area contributed by atoms with E-state index >= 15 is 0 Å². The van der Waals surface area contributed by atoms with Crippen molar-refractivity contribution in [1.82, 2.24) is 14.9 Å². The van der Waals surface area contributed by atoms with E-state index in [4.69, 9.17) is 9.47 Å². The van der Waals surface area contributed by atoms with Crippen LogP contribution < -0.4 is 14.8 Å². The largest absolute Gasteiger partial charge is 0.493 e. The Labute approximate surface area is 236 Å². The highest BCUT2D eigenvalue weighted by molar-refractivity contribution is 5.95. The molecule has 3 aromatic carbocycles. The number of nitrogens with one attached hydrogen (secondary N) is 1. The number of ether oxygens (including phenoxy) is 2. The molecule has 1 amide bonds. The molecule has 1 N–H and O–H groups in total. The first kappa shape index (κ1) is 28.4. The lowest BCUT2D eigenvalue weighted by atomic mass is 10.1. The lowest BCUT2D eigenvalue weighted by molar-refractivity contribution is -0.137. The summed E-state index contributed by atoms with van der Waals surface area (Å²) in [5.74, 6) is 1.39. The van der Waals surface area contributed by atoms with Gasteiger partial charge in [-0.2, -0.15) is 13.2 Å². The molecule has 10 heteroatoms. The molecule has 1 saturated heterocycles. The van der Waals surface area contributed by atoms with Crippen LogP contribution in [0.4, 0.5) is 18.9 Å². The molecule has 4 aromatic rings. The Morgan fingerprint density at radius 1 is 1.05 bits per heavy atom. The second-order valence-corrected chi connectivity index (χ2v) is 10.1. The van der Waals surface area contributed by atoms with E-state index in [-0.39, 0.29) is 12.3 Å². The summed E-state index contributed by atoms with van der Waals surface area (Å²) in [6, 6.07) is 15.5. The zero-order chi connectivity index (χ0) is 29.0. The minimum Gasteiger partial charge on any atom is -0.493 e. The molecule has 0 bridgehead atoms. The average Bonchev–Trinajstić information content (AvgIpc) is 3.43. The monoisotopic (exact) mass is 564 g/mol. The van der Waals surface area contributed by atoms with Crippen molar-refractivity contribution in [2.45, 2.75) is 25.9 Å². The molecule has 0 aliphatic carbocycles. The van der Waals surface area contributed by atoms with Gasteiger partial charge in [0.15, 0.2) is 11.5 Å². The number of fused-ring (bicyclic) bond motifs is 1. The lowest BCUT2D eigenvalue weighted by Gasteiger charge is -2.16. The van der Waals surface area contributed by atoms with Gasteiger partial charge in [-0.05, 0) is 55.4 Å². The van der Waals surface area contributed by atoms with Crippen molar-refractivity contribution in [2.24, 2.45) is 5.92 Å². The number of carbonyl (C=O) groups excluding carboxylic acids is 1. The first-order valence-electron chi connectivity index (χ1n) is 13.5. The third kappa shape index (κ3) is 6.77. The number of halogens is 3. The molecule has 0 radical (unpaired) electrons. The summed E-state index contributed by atoms with van der Waals surface area (Å²) in [4.78, 5) is 23.8. The first-order valence-corrected chi connectivity index (χ1v) is 13.5. The number of hydrogen-bond acceptors (Lipinski definition) is 6. The molecular formula is C31H31F3N4O3. The third-order valence-corrected chi connectivity index (χ3v) is 7.30. The molecule has 41 heavy (non-hydrogen) atoms. The number of amides is 1. The smallest absolute Gasteiger partial charge is 0.416 e. The summed E-state index contributed by atoms with van der Waals surface area (Å²) in [7, 11) is 1.61. The van der Waals surface area contributed by atoms with Crippen molar-refractivity contribution in [2.75, 3.05) is 38.7 Å². The molecule has 5 rings (SSSR count). The van der Waals surface area contributed by atoms with E-state index in [0.717, 1.165) is 54.7 Å². The molecule has 7 nitrogen and oxygen atoms in total. The number of methoxy groups -OCH3 is 1. The molecule has 0 saturated carbocycles. The molecule has 214 valence electrons. The number of benzene rings is 3. The van der Waals surface area contributed by atoms with Gasteiger partial charge in [0.05, 0.1) is 36.9 Å². The summed E-state index contributed by atoms with van der Waals surface area (Å²) in [5.41, 5.74) is 2.55. The molecular weight excluding hydrogens is 533 g/mol. The van der Waals surface area contributed by atoms with Crippen molar-refractivity contribution in [1.29, 1.82) is 0 Å². The predicted octanol–water partition coefficient (Wildman–Crippen LogP) is 6.23. The van der Waals surface area contributed by atoms with E-state index in [1.54, 1.807) is 19.2 Å². The molecule has 1 aliphatic heterocycles. The maximum absolute atomic E-state index is 12.8. The van der Waals surface area contributed by atoms with Gasteiger partial charge in [0.25, 0.3) is 0 Å². The van der Waals surface area contributed by atoms with E-state index in [9.17, 15) is 18.0 Å². The molecule has 2 heterocycles. The third-order valence-electron chi connectivity index (χ3n) is 7.30. The van der Waals surface area contributed by atoms with Crippen LogP contribution in [0.5, 0.6) is 11.5 Å². The predicted molar refractivity (Wildman–Crippen MR) is 151 cm³/mol. The molecule has 1 atom stereocenters. The van der Waals surface area contributed by atoms with Gasteiger partial charge < -0.3 is 19.7 Å². The molecule has 1 aliphatic rings. The minimum absolute atomic E-state index is 0.0434. The van der Waals surface area contributed by atoms with Gasteiger partial charge in [-0.15, -0.1) is 0 Å². The van der Waals surface area contributed by atoms with Gasteiger partial charge in [-0.1, -0.05) is 31.2 Å². The van der Waals surface area contributed by atoms with Gasteiger partial charge in [0.2, 0.25) is 5.91 Å². The number of likely N-dealkylation sites (tertiary alicyclic amines) is 1. The number of carbonyl (C=O) groups is 1. The average molecular weight is 565 g/mol. The van der Waals surface area contributed by atoms with Crippen LogP contribution in [0, 0.1) is 5.92 Å². The van der Waals surface area contributed by atoms with Crippen LogP contribution in [0.1, 0.15) is 24.5 Å². The van der Waals surface area contributed by atoms with Gasteiger partial charge in [-0.3, -0.25) is 4.79 Å². The number of nitrogens with zero attached hydrogens (tertiary/aromatic N) is 3. The molecule has 0 unspecified atom stereocenters. The van der Waals surface area contributed by atoms with Crippen LogP contribution in [-0.4, -0.2) is 54.1 Å². The Morgan fingerprint density at radius 2 is 1.80 bits per heavy atom. The summed E-state index contributed by atoms with van der Waals surface area (Å²) in [6.07, 6.45) is -1.84. The van der Waals surface area contributed by atoms with Crippen LogP contribution in [0.25, 0.3) is 22.2 Å². The Bertz CT molecular complexity index is 1510. The normalized spacial score (nSPS) is 15.7. The summed E-state index contributed by atoms with van der Waals surface area (Å²) in [6.45, 7) is 5.96. The van der Waals surface area contributed by atoms with Gasteiger partial charge in [0.1, 0.15) is 6.33 Å². The topological polar surface area (TPSA) is 76.6 Å². The van der Waals surface area contributed by atoms with Crippen molar-refractivity contribution in [3.8, 4) is 22.8 Å². The second kappa shape index (κ2) is 12.1. The number of aromatic nitrogens is 2. The Hall–Kier alpha value is -4.18. The van der Waals surface area contributed by atoms with Crippen molar-refractivity contribution >= 4 is 22.5 Å². The van der Waals surface area contributed by atoms with Crippen molar-refractivity contribution < 1.29 is 27.4 Å². The molecule has 1 aromatic heterocycles. The van der Waals surface area contributed by atoms with Gasteiger partial charge in [-0.25, -0.2) is 9.97 Å². The maximum atomic E-state index is 12.8. The van der Waals surface area contributed by atoms with Crippen molar-refractivity contribution in [3.63, 3.8) is 0 Å². The zero-order valence-electron chi connectivity index (χ0n) is 22.9. The summed E-state index contributed by atoms with van der Waals surface area (Å²) >= 11 is 0. The fraction of sp³-hybridized carbons (Fsp3) is 0.323. The Balaban J connectivity index is 1.27. The second-order valence-electron chi connectivity index (χ2n) is 10.1. The first-order chi connectivity index (χ1) is 19.7. The lowest BCUT2D eigenvalue weighted by Crippen LogP contribution is -2.21. The standard InChI is InChI=1S/C31H31F3N4O3/c1-3-38-13-12-21(17-38)18-41-28-16-26-25(15-27(28)40-2)30(36-19-35-26)22-6-10-24(11-7-22)37-29(39)14-20-4-8-23(9-5-20)31(32,33)34/h4-11,15-16,19,21H,3,12-14,17-18H2,1-2H3,(H,37,39)/t21-/m1/s1. The molecule has 1 fully saturated rings. The summed E-state index contributed by atoms with van der Waals surface area (Å²) in [5, 5.41) is 3.59. The highest BCUT2D eigenvalue weighted by Crippen LogP contribution is 2.36. The highest BCUT2D eigenvalue weighted by Gasteiger charge is 2.30. The van der Waals surface area contributed by atoms with E-state index < -0.39 is 11.7 Å². The van der Waals surface area contributed by atoms with Gasteiger partial charge >= 0.3 is 6.18 Å². The van der Waals surface area contributed by atoms with Crippen molar-refractivity contribution in [3.05, 3.63) is 78.1 Å². The Morgan fingerprint density at radius 3 is 2.46 bits per heavy atom. The summed E-state index contributed by atoms with van der Waals surface area (Å²) < 4.78 is 50.1. The van der Waals surface area contributed by atoms with Crippen LogP contribution in [-0.2, 0) is 17.4 Å². The zero-order valence-corrected chi connectivity index (χ0v) is 22.9. The van der Waals surface area contributed by atoms with Crippen LogP contribution in [0.2, 0.25) is 0 Å². The number of alkyl halides is 3. The van der Waals surface area contributed by atoms with Crippen LogP contribution >= 0.6 is 0 Å². The van der Waals surface area contributed by atoms with E-state index in [2.05, 4.69) is 27.1 Å². The van der Waals surface area contributed by atoms with Crippen LogP contribution in [0.15, 0.2) is 67.0 Å². The highest BCUT2D eigenvalue weighted by atomic mass is 19.4. The fourth-order valence-corrected chi connectivity index (χ4v) is 5.02. The SMILES string of the molecule is CCN1CC[C@@H](COc2cc3ncnc(-c4ccc(NC(=O)Cc5ccc(C(F)(F)F)cc5)cc4)c3cc2OC)C1. The van der Waals surface area contributed by atoms with Gasteiger partial charge in [0, 0.05) is 35.2 Å². The van der Waals surface area contributed by atoms with Crippen LogP contribution in [0.3, 0.4) is 0 Å². The van der Waals surface area contributed by atoms with E-state index in [0.29, 0.717) is 41.0 Å². The molecule has 0 spiro atoms. The number of rotatable bonds is 9. The Kier molecular flexibility index (Phi) is 8.39. The number of hydrogen-bond donors (Lipinski definition) is 1. The quantitative estimate of drug-likeness (QED) is 0.260. The number of anilines is 1. The van der Waals surface area contributed by atoms with E-state index in [1.165, 1.54) is 18.5 Å².